The SMILES string of the molecule is C=C[C@@H](CC[C@@H](CO)O[Si](C)(C)C(C)(C)C)O[Si](CC)(CC)CC. The van der Waals surface area contributed by atoms with Crippen LogP contribution in [0.4, 0.5) is 0 Å². The Hall–Kier alpha value is 0.0538. The fraction of sp³-hybridized carbons (Fsp3) is 0.895. The molecular weight excluding hydrogens is 332 g/mol. The zero-order chi connectivity index (χ0) is 19.0. The van der Waals surface area contributed by atoms with E-state index in [-0.39, 0.29) is 23.9 Å². The maximum Gasteiger partial charge on any atom is 0.192 e. The highest BCUT2D eigenvalue weighted by Crippen LogP contribution is 2.37. The van der Waals surface area contributed by atoms with Gasteiger partial charge < -0.3 is 14.0 Å². The van der Waals surface area contributed by atoms with Crippen LogP contribution in [0.5, 0.6) is 0 Å². The minimum atomic E-state index is -1.86. The summed E-state index contributed by atoms with van der Waals surface area (Å²) in [7, 11) is -3.48. The molecule has 0 saturated carbocycles. The molecule has 0 unspecified atom stereocenters. The van der Waals surface area contributed by atoms with Crippen LogP contribution in [0.1, 0.15) is 54.4 Å². The molecule has 0 aromatic rings. The van der Waals surface area contributed by atoms with E-state index in [2.05, 4.69) is 61.2 Å². The highest BCUT2D eigenvalue weighted by Gasteiger charge is 2.39. The molecule has 24 heavy (non-hydrogen) atoms. The first-order valence-electron chi connectivity index (χ1n) is 9.59. The van der Waals surface area contributed by atoms with E-state index in [1.54, 1.807) is 0 Å². The molecule has 0 aromatic carbocycles. The van der Waals surface area contributed by atoms with E-state index >= 15 is 0 Å². The van der Waals surface area contributed by atoms with Gasteiger partial charge in [0.2, 0.25) is 0 Å². The van der Waals surface area contributed by atoms with Gasteiger partial charge in [0.1, 0.15) is 0 Å². The molecular formula is C19H42O3Si2. The molecule has 1 N–H and O–H groups in total. The number of hydrogen-bond donors (Lipinski definition) is 1. The van der Waals surface area contributed by atoms with Crippen LogP contribution in [0.25, 0.3) is 0 Å². The van der Waals surface area contributed by atoms with E-state index in [0.717, 1.165) is 31.0 Å². The van der Waals surface area contributed by atoms with Crippen molar-refractivity contribution >= 4 is 16.6 Å². The summed E-state index contributed by atoms with van der Waals surface area (Å²) in [6.45, 7) is 21.9. The van der Waals surface area contributed by atoms with E-state index in [9.17, 15) is 5.11 Å². The lowest BCUT2D eigenvalue weighted by Gasteiger charge is -2.39. The summed E-state index contributed by atoms with van der Waals surface area (Å²) in [5, 5.41) is 9.91. The lowest BCUT2D eigenvalue weighted by atomic mass is 10.1. The molecule has 0 spiro atoms. The molecule has 0 aliphatic rings. The normalized spacial score (nSPS) is 16.0. The molecule has 3 nitrogen and oxygen atoms in total. The molecule has 0 saturated heterocycles. The van der Waals surface area contributed by atoms with Gasteiger partial charge >= 0.3 is 0 Å². The third-order valence-corrected chi connectivity index (χ3v) is 15.0. The molecule has 2 atom stereocenters. The Kier molecular flexibility index (Phi) is 10.3. The second-order valence-electron chi connectivity index (χ2n) is 8.40. The van der Waals surface area contributed by atoms with Crippen molar-refractivity contribution in [1.82, 2.24) is 0 Å². The number of aliphatic hydroxyl groups excluding tert-OH is 1. The Morgan fingerprint density at radius 2 is 1.50 bits per heavy atom. The summed E-state index contributed by atoms with van der Waals surface area (Å²) in [6.07, 6.45) is 3.61. The highest BCUT2D eigenvalue weighted by molar-refractivity contribution is 6.74. The Labute approximate surface area is 153 Å². The van der Waals surface area contributed by atoms with Gasteiger partial charge in [0, 0.05) is 0 Å². The number of aliphatic hydroxyl groups is 1. The quantitative estimate of drug-likeness (QED) is 0.350. The average molecular weight is 375 g/mol. The number of rotatable bonds is 12. The first-order chi connectivity index (χ1) is 11.0. The van der Waals surface area contributed by atoms with Gasteiger partial charge in [0.25, 0.3) is 0 Å². The smallest absolute Gasteiger partial charge is 0.192 e. The van der Waals surface area contributed by atoms with Crippen LogP contribution in [0.2, 0.25) is 36.3 Å². The largest absolute Gasteiger partial charge is 0.412 e. The minimum Gasteiger partial charge on any atom is -0.412 e. The van der Waals surface area contributed by atoms with Gasteiger partial charge in [0.05, 0.1) is 18.8 Å². The molecule has 0 bridgehead atoms. The summed E-state index contributed by atoms with van der Waals surface area (Å²) in [6, 6.07) is 3.44. The maximum absolute atomic E-state index is 9.75. The van der Waals surface area contributed by atoms with Crippen LogP contribution in [0.15, 0.2) is 12.7 Å². The molecule has 0 rings (SSSR count). The highest BCUT2D eigenvalue weighted by atomic mass is 28.4. The van der Waals surface area contributed by atoms with Gasteiger partial charge in [0.15, 0.2) is 16.6 Å². The van der Waals surface area contributed by atoms with Crippen molar-refractivity contribution in [2.75, 3.05) is 6.61 Å². The van der Waals surface area contributed by atoms with Crippen LogP contribution >= 0.6 is 0 Å². The lowest BCUT2D eigenvalue weighted by Crippen LogP contribution is -2.45. The van der Waals surface area contributed by atoms with Gasteiger partial charge in [-0.05, 0) is 49.1 Å². The predicted octanol–water partition coefficient (Wildman–Crippen LogP) is 5.73. The van der Waals surface area contributed by atoms with Gasteiger partial charge in [-0.2, -0.15) is 0 Å². The first-order valence-corrected chi connectivity index (χ1v) is 15.0. The summed E-state index contributed by atoms with van der Waals surface area (Å²) in [5.41, 5.74) is 0. The van der Waals surface area contributed by atoms with Gasteiger partial charge in [-0.1, -0.05) is 47.6 Å². The van der Waals surface area contributed by atoms with E-state index in [4.69, 9.17) is 8.85 Å². The van der Waals surface area contributed by atoms with Crippen LogP contribution < -0.4 is 0 Å². The molecule has 0 aliphatic heterocycles. The number of hydrogen-bond acceptors (Lipinski definition) is 3. The monoisotopic (exact) mass is 374 g/mol. The van der Waals surface area contributed by atoms with Gasteiger partial charge in [-0.25, -0.2) is 0 Å². The molecule has 0 fully saturated rings. The molecule has 5 heteroatoms. The minimum absolute atomic E-state index is 0.0774. The van der Waals surface area contributed by atoms with Gasteiger partial charge in [-0.15, -0.1) is 6.58 Å². The van der Waals surface area contributed by atoms with Crippen LogP contribution in [0, 0.1) is 0 Å². The Bertz CT molecular complexity index is 352. The third kappa shape index (κ3) is 7.12. The standard InChI is InChI=1S/C19H42O3Si2/c1-10-17(22-24(11-2,12-3)13-4)14-15-18(16-20)21-23(8,9)19(5,6)7/h10,17-18,20H,1,11-16H2,2-9H3/t17-,18-/m0/s1. The molecule has 0 radical (unpaired) electrons. The second kappa shape index (κ2) is 10.3. The van der Waals surface area contributed by atoms with Gasteiger partial charge in [-0.3, -0.25) is 0 Å². The fourth-order valence-electron chi connectivity index (χ4n) is 2.68. The predicted molar refractivity (Wildman–Crippen MR) is 111 cm³/mol. The van der Waals surface area contributed by atoms with E-state index in [1.165, 1.54) is 0 Å². The summed E-state index contributed by atoms with van der Waals surface area (Å²) in [4.78, 5) is 0. The zero-order valence-corrected chi connectivity index (χ0v) is 19.4. The van der Waals surface area contributed by atoms with E-state index < -0.39 is 16.6 Å². The summed E-state index contributed by atoms with van der Waals surface area (Å²) < 4.78 is 12.9. The summed E-state index contributed by atoms with van der Waals surface area (Å²) in [5.74, 6) is 0. The molecule has 144 valence electrons. The van der Waals surface area contributed by atoms with Crippen molar-refractivity contribution in [3.8, 4) is 0 Å². The molecule has 0 aromatic heterocycles. The Morgan fingerprint density at radius 1 is 1.00 bits per heavy atom. The van der Waals surface area contributed by atoms with E-state index in [1.807, 2.05) is 6.08 Å². The van der Waals surface area contributed by atoms with Crippen molar-refractivity contribution in [2.45, 2.75) is 103 Å². The van der Waals surface area contributed by atoms with Crippen LogP contribution in [-0.2, 0) is 8.85 Å². The zero-order valence-electron chi connectivity index (χ0n) is 17.4. The van der Waals surface area contributed by atoms with Crippen molar-refractivity contribution in [3.63, 3.8) is 0 Å². The second-order valence-corrected chi connectivity index (χ2v) is 17.9. The third-order valence-electron chi connectivity index (χ3n) is 5.84. The van der Waals surface area contributed by atoms with Crippen LogP contribution in [0.3, 0.4) is 0 Å². The van der Waals surface area contributed by atoms with E-state index in [0.29, 0.717) is 0 Å². The van der Waals surface area contributed by atoms with Crippen molar-refractivity contribution < 1.29 is 14.0 Å². The topological polar surface area (TPSA) is 38.7 Å². The summed E-state index contributed by atoms with van der Waals surface area (Å²) >= 11 is 0. The molecule has 0 amide bonds. The van der Waals surface area contributed by atoms with Crippen molar-refractivity contribution in [2.24, 2.45) is 0 Å². The molecule has 0 aliphatic carbocycles. The first kappa shape index (κ1) is 24.1. The van der Waals surface area contributed by atoms with Crippen LogP contribution in [-0.4, -0.2) is 40.6 Å². The Morgan fingerprint density at radius 3 is 1.83 bits per heavy atom. The average Bonchev–Trinajstić information content (AvgIpc) is 2.53. The molecule has 0 heterocycles. The Balaban J connectivity index is 4.77. The van der Waals surface area contributed by atoms with Crippen molar-refractivity contribution in [1.29, 1.82) is 0 Å². The fourth-order valence-corrected chi connectivity index (χ4v) is 6.91. The maximum atomic E-state index is 9.75. The lowest BCUT2D eigenvalue weighted by molar-refractivity contribution is 0.0843. The van der Waals surface area contributed by atoms with Crippen molar-refractivity contribution in [3.05, 3.63) is 12.7 Å².